The van der Waals surface area contributed by atoms with Crippen LogP contribution in [0, 0.1) is 12.4 Å². The number of nitrogens with zero attached hydrogens (tertiary/aromatic N) is 3. The molecule has 22 heavy (non-hydrogen) atoms. The molecule has 0 aliphatic rings. The second-order valence-corrected chi connectivity index (χ2v) is 6.64. The first-order chi connectivity index (χ1) is 10.1. The largest absolute Gasteiger partial charge is 0.324 e. The summed E-state index contributed by atoms with van der Waals surface area (Å²) in [7, 11) is -9.52. The average Bonchev–Trinajstić information content (AvgIpc) is 2.36. The third-order valence-corrected chi connectivity index (χ3v) is 3.89. The van der Waals surface area contributed by atoms with Crippen LogP contribution in [0.15, 0.2) is 28.0 Å². The third-order valence-electron chi connectivity index (χ3n) is 2.23. The molecule has 0 amide bonds. The quantitative estimate of drug-likeness (QED) is 0.643. The maximum Gasteiger partial charge on any atom is 0.314 e. The minimum atomic E-state index is -4.76. The van der Waals surface area contributed by atoms with Gasteiger partial charge in [0.1, 0.15) is 0 Å². The lowest BCUT2D eigenvalue weighted by Gasteiger charge is -2.08. The molecule has 0 atom stereocenters. The molecule has 0 saturated heterocycles. The SMILES string of the molecule is O=S(=O)(O)c1cc(Nc2n[c]nc(F)n2)cc(S(=O)(=O)O)c1. The van der Waals surface area contributed by atoms with Crippen LogP contribution in [-0.4, -0.2) is 40.9 Å². The minimum Gasteiger partial charge on any atom is -0.324 e. The van der Waals surface area contributed by atoms with Gasteiger partial charge < -0.3 is 5.32 Å². The molecule has 0 aliphatic heterocycles. The Labute approximate surface area is 123 Å². The highest BCUT2D eigenvalue weighted by Gasteiger charge is 2.18. The summed E-state index contributed by atoms with van der Waals surface area (Å²) < 4.78 is 75.2. The molecule has 0 fully saturated rings. The molecule has 1 radical (unpaired) electrons. The van der Waals surface area contributed by atoms with Crippen molar-refractivity contribution >= 4 is 31.9 Å². The van der Waals surface area contributed by atoms with Crippen LogP contribution in [-0.2, 0) is 20.2 Å². The second-order valence-electron chi connectivity index (χ2n) is 3.80. The van der Waals surface area contributed by atoms with Crippen LogP contribution in [0.1, 0.15) is 0 Å². The van der Waals surface area contributed by atoms with Crippen LogP contribution >= 0.6 is 0 Å². The Morgan fingerprint density at radius 3 is 2.00 bits per heavy atom. The van der Waals surface area contributed by atoms with Gasteiger partial charge in [-0.25, -0.2) is 0 Å². The molecule has 117 valence electrons. The molecule has 2 rings (SSSR count). The number of anilines is 2. The summed E-state index contributed by atoms with van der Waals surface area (Å²) in [5.41, 5.74) is -0.248. The van der Waals surface area contributed by atoms with Crippen molar-refractivity contribution in [2.75, 3.05) is 5.32 Å². The summed E-state index contributed by atoms with van der Waals surface area (Å²) in [6, 6.07) is 2.19. The van der Waals surface area contributed by atoms with Crippen molar-refractivity contribution in [3.63, 3.8) is 0 Å². The van der Waals surface area contributed by atoms with E-state index in [1.54, 1.807) is 0 Å². The third kappa shape index (κ3) is 3.91. The van der Waals surface area contributed by atoms with Gasteiger partial charge in [-0.3, -0.25) is 9.11 Å². The van der Waals surface area contributed by atoms with Gasteiger partial charge in [0, 0.05) is 5.69 Å². The Morgan fingerprint density at radius 1 is 1.00 bits per heavy atom. The fourth-order valence-corrected chi connectivity index (χ4v) is 2.56. The number of rotatable bonds is 4. The van der Waals surface area contributed by atoms with Gasteiger partial charge in [-0.1, -0.05) is 0 Å². The summed E-state index contributed by atoms with van der Waals surface area (Å²) >= 11 is 0. The Kier molecular flexibility index (Phi) is 4.06. The normalized spacial score (nSPS) is 12.1. The molecule has 3 N–H and O–H groups in total. The molecular formula is C9H6FN4O6S2. The summed E-state index contributed by atoms with van der Waals surface area (Å²) in [4.78, 5) is 7.93. The van der Waals surface area contributed by atoms with Crippen LogP contribution in [0.2, 0.25) is 0 Å². The number of nitrogens with one attached hydrogen (secondary N) is 1. The zero-order valence-electron chi connectivity index (χ0n) is 10.3. The van der Waals surface area contributed by atoms with E-state index in [-0.39, 0.29) is 5.69 Å². The fourth-order valence-electron chi connectivity index (χ4n) is 1.38. The molecule has 2 aromatic rings. The standard InChI is InChI=1S/C9H6FN4O6S2/c10-8-11-4-12-9(14-8)13-5-1-6(21(15,16)17)3-7(2-5)22(18,19)20/h1-3H,(H,15,16,17)(H,18,19,20)(H,11,12,13,14). The van der Waals surface area contributed by atoms with E-state index in [0.717, 1.165) is 12.1 Å². The van der Waals surface area contributed by atoms with E-state index < -0.39 is 42.1 Å². The van der Waals surface area contributed by atoms with E-state index in [0.29, 0.717) is 6.07 Å². The molecule has 0 bridgehead atoms. The first kappa shape index (κ1) is 16.2. The predicted molar refractivity (Wildman–Crippen MR) is 68.0 cm³/mol. The van der Waals surface area contributed by atoms with Gasteiger partial charge in [-0.05, 0) is 18.2 Å². The lowest BCUT2D eigenvalue weighted by Crippen LogP contribution is -2.06. The summed E-state index contributed by atoms with van der Waals surface area (Å²) in [6.45, 7) is 0. The average molecular weight is 349 g/mol. The smallest absolute Gasteiger partial charge is 0.314 e. The molecule has 0 unspecified atom stereocenters. The van der Waals surface area contributed by atoms with E-state index in [9.17, 15) is 21.2 Å². The molecule has 0 spiro atoms. The van der Waals surface area contributed by atoms with Gasteiger partial charge in [-0.15, -0.1) is 0 Å². The molecule has 13 heteroatoms. The van der Waals surface area contributed by atoms with E-state index >= 15 is 0 Å². The monoisotopic (exact) mass is 349 g/mol. The zero-order valence-corrected chi connectivity index (χ0v) is 11.9. The van der Waals surface area contributed by atoms with Crippen molar-refractivity contribution in [2.45, 2.75) is 9.79 Å². The summed E-state index contributed by atoms with van der Waals surface area (Å²) in [6.07, 6.45) is 0.722. The van der Waals surface area contributed by atoms with Gasteiger partial charge in [-0.2, -0.15) is 36.2 Å². The van der Waals surface area contributed by atoms with Crippen molar-refractivity contribution in [1.82, 2.24) is 15.0 Å². The molecule has 10 nitrogen and oxygen atoms in total. The summed E-state index contributed by atoms with van der Waals surface area (Å²) in [5, 5.41) is 2.29. The lowest BCUT2D eigenvalue weighted by molar-refractivity contribution is 0.481. The predicted octanol–water partition coefficient (Wildman–Crippen LogP) is 0.0479. The number of hydrogen-bond donors (Lipinski definition) is 3. The fraction of sp³-hybridized carbons (Fsp3) is 0. The van der Waals surface area contributed by atoms with Gasteiger partial charge in [0.25, 0.3) is 20.2 Å². The maximum absolute atomic E-state index is 12.8. The highest BCUT2D eigenvalue weighted by Crippen LogP contribution is 2.23. The zero-order chi connectivity index (χ0) is 16.5. The highest BCUT2D eigenvalue weighted by molar-refractivity contribution is 7.86. The van der Waals surface area contributed by atoms with Gasteiger partial charge in [0.05, 0.1) is 9.79 Å². The van der Waals surface area contributed by atoms with Crippen molar-refractivity contribution < 1.29 is 30.3 Å². The Balaban J connectivity index is 2.56. The number of hydrogen-bond acceptors (Lipinski definition) is 8. The Morgan fingerprint density at radius 2 is 1.55 bits per heavy atom. The molecular weight excluding hydrogens is 343 g/mol. The van der Waals surface area contributed by atoms with E-state index in [1.165, 1.54) is 0 Å². The number of benzene rings is 1. The second kappa shape index (κ2) is 5.53. The number of aromatic nitrogens is 3. The molecule has 0 aliphatic carbocycles. The van der Waals surface area contributed by atoms with Crippen molar-refractivity contribution in [3.05, 3.63) is 30.6 Å². The topological polar surface area (TPSA) is 159 Å². The first-order valence-corrected chi connectivity index (χ1v) is 8.08. The van der Waals surface area contributed by atoms with Crippen LogP contribution < -0.4 is 5.32 Å². The van der Waals surface area contributed by atoms with Crippen molar-refractivity contribution in [1.29, 1.82) is 0 Å². The first-order valence-electron chi connectivity index (χ1n) is 5.20. The summed E-state index contributed by atoms with van der Waals surface area (Å²) in [5.74, 6) is -0.402. The van der Waals surface area contributed by atoms with Gasteiger partial charge in [0.2, 0.25) is 12.3 Å². The Hall–Kier alpha value is -2.22. The van der Waals surface area contributed by atoms with Crippen molar-refractivity contribution in [2.24, 2.45) is 0 Å². The molecule has 1 aromatic heterocycles. The van der Waals surface area contributed by atoms with Gasteiger partial charge >= 0.3 is 6.08 Å². The minimum absolute atomic E-state index is 0.248. The molecule has 1 heterocycles. The van der Waals surface area contributed by atoms with E-state index in [1.807, 2.05) is 6.33 Å². The van der Waals surface area contributed by atoms with E-state index in [2.05, 4.69) is 20.3 Å². The van der Waals surface area contributed by atoms with Crippen molar-refractivity contribution in [3.8, 4) is 0 Å². The Bertz CT molecular complexity index is 881. The molecule has 1 aromatic carbocycles. The van der Waals surface area contributed by atoms with Crippen LogP contribution in [0.5, 0.6) is 0 Å². The van der Waals surface area contributed by atoms with Crippen LogP contribution in [0.25, 0.3) is 0 Å². The highest BCUT2D eigenvalue weighted by atomic mass is 32.2. The number of halogens is 1. The van der Waals surface area contributed by atoms with E-state index in [4.69, 9.17) is 9.11 Å². The lowest BCUT2D eigenvalue weighted by atomic mass is 10.3. The molecule has 0 saturated carbocycles. The van der Waals surface area contributed by atoms with Crippen LogP contribution in [0.3, 0.4) is 0 Å². The van der Waals surface area contributed by atoms with Crippen LogP contribution in [0.4, 0.5) is 16.0 Å². The van der Waals surface area contributed by atoms with Gasteiger partial charge in [0.15, 0.2) is 0 Å². The maximum atomic E-state index is 12.8.